The summed E-state index contributed by atoms with van der Waals surface area (Å²) in [4.78, 5) is 4.90. The molecular formula is C28H30N2O2. The van der Waals surface area contributed by atoms with E-state index in [0.717, 1.165) is 65.8 Å². The third-order valence-corrected chi connectivity index (χ3v) is 5.70. The summed E-state index contributed by atoms with van der Waals surface area (Å²) < 4.78 is 6.29. The summed E-state index contributed by atoms with van der Waals surface area (Å²) in [6.07, 6.45) is 3.21. The number of nitrogens with zero attached hydrogens (tertiary/aromatic N) is 1. The molecule has 0 unspecified atom stereocenters. The molecule has 4 nitrogen and oxygen atoms in total. The second-order valence-corrected chi connectivity index (χ2v) is 8.10. The Morgan fingerprint density at radius 3 is 2.41 bits per heavy atom. The van der Waals surface area contributed by atoms with E-state index in [-0.39, 0.29) is 0 Å². The van der Waals surface area contributed by atoms with E-state index in [9.17, 15) is 5.11 Å². The van der Waals surface area contributed by atoms with E-state index < -0.39 is 0 Å². The molecule has 32 heavy (non-hydrogen) atoms. The number of hydrogen-bond donors (Lipinski definition) is 2. The summed E-state index contributed by atoms with van der Waals surface area (Å²) in [6, 6.07) is 25.9. The number of hydrogen-bond acceptors (Lipinski definition) is 4. The highest BCUT2D eigenvalue weighted by Crippen LogP contribution is 2.31. The predicted molar refractivity (Wildman–Crippen MR) is 130 cm³/mol. The van der Waals surface area contributed by atoms with Crippen molar-refractivity contribution in [3.8, 4) is 11.5 Å². The molecule has 4 aromatic rings. The zero-order valence-electron chi connectivity index (χ0n) is 18.6. The van der Waals surface area contributed by atoms with Crippen molar-refractivity contribution in [3.63, 3.8) is 0 Å². The van der Waals surface area contributed by atoms with Crippen molar-refractivity contribution in [2.24, 2.45) is 0 Å². The SMILES string of the molecule is Cc1c(CNCCCCc2ccc(O)cc2)nc2ccccc2c1OCc1ccccc1. The lowest BCUT2D eigenvalue weighted by Crippen LogP contribution is -2.17. The Kier molecular flexibility index (Phi) is 7.36. The molecule has 0 saturated carbocycles. The van der Waals surface area contributed by atoms with Gasteiger partial charge in [0.25, 0.3) is 0 Å². The van der Waals surface area contributed by atoms with Gasteiger partial charge in [-0.05, 0) is 68.1 Å². The number of rotatable bonds is 10. The summed E-state index contributed by atoms with van der Waals surface area (Å²) >= 11 is 0. The first-order valence-corrected chi connectivity index (χ1v) is 11.2. The fraction of sp³-hybridized carbons (Fsp3) is 0.250. The van der Waals surface area contributed by atoms with Gasteiger partial charge in [-0.2, -0.15) is 0 Å². The molecule has 3 aromatic carbocycles. The van der Waals surface area contributed by atoms with Crippen molar-refractivity contribution >= 4 is 10.9 Å². The van der Waals surface area contributed by atoms with Crippen molar-refractivity contribution in [1.29, 1.82) is 0 Å². The topological polar surface area (TPSA) is 54.4 Å². The number of benzene rings is 3. The average molecular weight is 427 g/mol. The smallest absolute Gasteiger partial charge is 0.133 e. The number of para-hydroxylation sites is 1. The normalized spacial score (nSPS) is 11.0. The first-order chi connectivity index (χ1) is 15.7. The van der Waals surface area contributed by atoms with Crippen molar-refractivity contribution in [1.82, 2.24) is 10.3 Å². The number of fused-ring (bicyclic) bond motifs is 1. The Balaban J connectivity index is 1.36. The predicted octanol–water partition coefficient (Wildman–Crippen LogP) is 5.94. The number of phenols is 1. The van der Waals surface area contributed by atoms with Crippen molar-refractivity contribution in [2.75, 3.05) is 6.54 Å². The minimum absolute atomic E-state index is 0.320. The van der Waals surface area contributed by atoms with Crippen LogP contribution >= 0.6 is 0 Å². The Labute approximate surface area is 189 Å². The Morgan fingerprint density at radius 2 is 1.59 bits per heavy atom. The minimum atomic E-state index is 0.320. The quantitative estimate of drug-likeness (QED) is 0.308. The van der Waals surface area contributed by atoms with Gasteiger partial charge in [0.05, 0.1) is 11.2 Å². The maximum atomic E-state index is 9.38. The summed E-state index contributed by atoms with van der Waals surface area (Å²) in [6.45, 7) is 4.30. The molecule has 0 aliphatic rings. The summed E-state index contributed by atoms with van der Waals surface area (Å²) in [7, 11) is 0. The summed E-state index contributed by atoms with van der Waals surface area (Å²) in [5, 5.41) is 14.0. The van der Waals surface area contributed by atoms with Crippen LogP contribution in [0.2, 0.25) is 0 Å². The van der Waals surface area contributed by atoms with E-state index in [0.29, 0.717) is 12.4 Å². The van der Waals surface area contributed by atoms with Gasteiger partial charge in [-0.15, -0.1) is 0 Å². The molecule has 1 heterocycles. The van der Waals surface area contributed by atoms with E-state index in [1.54, 1.807) is 12.1 Å². The number of nitrogens with one attached hydrogen (secondary N) is 1. The highest BCUT2D eigenvalue weighted by Gasteiger charge is 2.13. The highest BCUT2D eigenvalue weighted by molar-refractivity contribution is 5.86. The van der Waals surface area contributed by atoms with Crippen molar-refractivity contribution in [3.05, 3.63) is 101 Å². The van der Waals surface area contributed by atoms with Gasteiger partial charge in [0.2, 0.25) is 0 Å². The maximum absolute atomic E-state index is 9.38. The summed E-state index contributed by atoms with van der Waals surface area (Å²) in [5.41, 5.74) is 5.50. The second-order valence-electron chi connectivity index (χ2n) is 8.10. The molecule has 4 heteroatoms. The molecule has 0 spiro atoms. The molecular weight excluding hydrogens is 396 g/mol. The maximum Gasteiger partial charge on any atom is 0.133 e. The molecule has 0 bridgehead atoms. The van der Waals surface area contributed by atoms with Gasteiger partial charge >= 0.3 is 0 Å². The van der Waals surface area contributed by atoms with Crippen LogP contribution in [-0.2, 0) is 19.6 Å². The van der Waals surface area contributed by atoms with Crippen LogP contribution in [0.15, 0.2) is 78.9 Å². The molecule has 0 aliphatic carbocycles. The lowest BCUT2D eigenvalue weighted by molar-refractivity contribution is 0.307. The molecule has 1 aromatic heterocycles. The monoisotopic (exact) mass is 426 g/mol. The van der Waals surface area contributed by atoms with Crippen LogP contribution in [0, 0.1) is 6.92 Å². The minimum Gasteiger partial charge on any atom is -0.508 e. The third-order valence-electron chi connectivity index (χ3n) is 5.70. The van der Waals surface area contributed by atoms with Gasteiger partial charge in [-0.25, -0.2) is 0 Å². The summed E-state index contributed by atoms with van der Waals surface area (Å²) in [5.74, 6) is 1.24. The lowest BCUT2D eigenvalue weighted by Gasteiger charge is -2.16. The van der Waals surface area contributed by atoms with Crippen LogP contribution in [0.3, 0.4) is 0 Å². The molecule has 0 radical (unpaired) electrons. The molecule has 2 N–H and O–H groups in total. The Bertz CT molecular complexity index is 1140. The molecule has 4 rings (SSSR count). The van der Waals surface area contributed by atoms with Crippen LogP contribution in [0.1, 0.15) is 35.2 Å². The zero-order valence-corrected chi connectivity index (χ0v) is 18.6. The Hall–Kier alpha value is -3.37. The van der Waals surface area contributed by atoms with Crippen molar-refractivity contribution < 1.29 is 9.84 Å². The second kappa shape index (κ2) is 10.8. The van der Waals surface area contributed by atoms with Crippen molar-refractivity contribution in [2.45, 2.75) is 39.3 Å². The molecule has 0 amide bonds. The van der Waals surface area contributed by atoms with Gasteiger partial charge in [-0.1, -0.05) is 54.6 Å². The van der Waals surface area contributed by atoms with Gasteiger partial charge in [0.1, 0.15) is 18.1 Å². The largest absolute Gasteiger partial charge is 0.508 e. The van der Waals surface area contributed by atoms with Crippen LogP contribution in [0.25, 0.3) is 10.9 Å². The van der Waals surface area contributed by atoms with Crippen LogP contribution < -0.4 is 10.1 Å². The van der Waals surface area contributed by atoms with Gasteiger partial charge in [0, 0.05) is 17.5 Å². The molecule has 0 fully saturated rings. The standard InChI is InChI=1S/C28H30N2O2/c1-21-27(19-29-18-8-7-9-22-14-16-24(31)17-15-22)30-26-13-6-5-12-25(26)28(21)32-20-23-10-3-2-4-11-23/h2-6,10-17,29,31H,7-9,18-20H2,1H3. The number of unbranched alkanes of at least 4 members (excludes halogenated alkanes) is 1. The fourth-order valence-electron chi connectivity index (χ4n) is 3.86. The highest BCUT2D eigenvalue weighted by atomic mass is 16.5. The number of aromatic hydroxyl groups is 1. The van der Waals surface area contributed by atoms with E-state index in [4.69, 9.17) is 9.72 Å². The molecule has 0 atom stereocenters. The average Bonchev–Trinajstić information content (AvgIpc) is 2.83. The molecule has 0 saturated heterocycles. The number of aryl methyl sites for hydroxylation is 1. The zero-order chi connectivity index (χ0) is 22.2. The van der Waals surface area contributed by atoms with Crippen LogP contribution in [0.4, 0.5) is 0 Å². The number of ether oxygens (including phenoxy) is 1. The van der Waals surface area contributed by atoms with Crippen LogP contribution in [0.5, 0.6) is 11.5 Å². The first-order valence-electron chi connectivity index (χ1n) is 11.2. The Morgan fingerprint density at radius 1 is 0.844 bits per heavy atom. The van der Waals surface area contributed by atoms with E-state index >= 15 is 0 Å². The molecule has 0 aliphatic heterocycles. The van der Waals surface area contributed by atoms with E-state index in [1.807, 2.05) is 48.5 Å². The van der Waals surface area contributed by atoms with Gasteiger partial charge in [0.15, 0.2) is 0 Å². The third kappa shape index (κ3) is 5.65. The first kappa shape index (κ1) is 21.8. The molecule has 164 valence electrons. The van der Waals surface area contributed by atoms with Gasteiger partial charge < -0.3 is 15.2 Å². The lowest BCUT2D eigenvalue weighted by atomic mass is 10.1. The number of aromatic nitrogens is 1. The van der Waals surface area contributed by atoms with Gasteiger partial charge in [-0.3, -0.25) is 4.98 Å². The van der Waals surface area contributed by atoms with E-state index in [2.05, 4.69) is 30.4 Å². The van der Waals surface area contributed by atoms with Crippen LogP contribution in [-0.4, -0.2) is 16.6 Å². The number of phenolic OH excluding ortho intramolecular Hbond substituents is 1. The van der Waals surface area contributed by atoms with E-state index in [1.165, 1.54) is 5.56 Å². The fourth-order valence-corrected chi connectivity index (χ4v) is 3.86. The number of pyridine rings is 1.